The zero-order chi connectivity index (χ0) is 7.97. The van der Waals surface area contributed by atoms with Crippen LogP contribution >= 0.6 is 11.3 Å². The summed E-state index contributed by atoms with van der Waals surface area (Å²) in [6, 6.07) is 1.29. The molecule has 1 saturated carbocycles. The SMILES string of the molecule is c1nnc(NC2C3CNC2C3)s1. The molecule has 0 radical (unpaired) electrons. The van der Waals surface area contributed by atoms with Crippen LogP contribution in [0.5, 0.6) is 0 Å². The third kappa shape index (κ3) is 0.864. The van der Waals surface area contributed by atoms with Crippen molar-refractivity contribution in [2.45, 2.75) is 18.5 Å². The van der Waals surface area contributed by atoms with Gasteiger partial charge in [-0.1, -0.05) is 11.3 Å². The third-order valence-corrected chi connectivity index (χ3v) is 3.41. The molecule has 2 bridgehead atoms. The van der Waals surface area contributed by atoms with E-state index < -0.39 is 0 Å². The van der Waals surface area contributed by atoms with Crippen LogP contribution in [0.15, 0.2) is 5.51 Å². The second kappa shape index (κ2) is 2.40. The van der Waals surface area contributed by atoms with E-state index in [-0.39, 0.29) is 0 Å². The Bertz CT molecular complexity index is 259. The molecule has 0 aromatic carbocycles. The molecule has 3 aliphatic rings. The van der Waals surface area contributed by atoms with E-state index in [1.165, 1.54) is 13.0 Å². The number of anilines is 1. The zero-order valence-corrected chi connectivity index (χ0v) is 7.34. The fourth-order valence-corrected chi connectivity index (χ4v) is 2.56. The van der Waals surface area contributed by atoms with E-state index in [1.54, 1.807) is 16.8 Å². The normalized spacial score (nSPS) is 37.8. The molecular weight excluding hydrogens is 172 g/mol. The van der Waals surface area contributed by atoms with Crippen LogP contribution in [0.1, 0.15) is 6.42 Å². The van der Waals surface area contributed by atoms with Gasteiger partial charge in [-0.05, 0) is 12.3 Å². The fraction of sp³-hybridized carbons (Fsp3) is 0.714. The number of rotatable bonds is 2. The van der Waals surface area contributed by atoms with Gasteiger partial charge >= 0.3 is 0 Å². The smallest absolute Gasteiger partial charge is 0.205 e. The van der Waals surface area contributed by atoms with Crippen LogP contribution in [-0.4, -0.2) is 28.8 Å². The first kappa shape index (κ1) is 6.80. The Morgan fingerprint density at radius 2 is 2.67 bits per heavy atom. The van der Waals surface area contributed by atoms with Gasteiger partial charge in [0.05, 0.1) is 0 Å². The number of hydrogen-bond donors (Lipinski definition) is 2. The van der Waals surface area contributed by atoms with E-state index in [0.717, 1.165) is 11.0 Å². The quantitative estimate of drug-likeness (QED) is 0.691. The molecule has 64 valence electrons. The largest absolute Gasteiger partial charge is 0.355 e. The predicted octanol–water partition coefficient (Wildman–Crippen LogP) is 0.310. The summed E-state index contributed by atoms with van der Waals surface area (Å²) in [6.45, 7) is 1.17. The molecular formula is C7H10N4S. The van der Waals surface area contributed by atoms with Gasteiger partial charge in [0.15, 0.2) is 0 Å². The molecule has 1 aromatic rings. The highest BCUT2D eigenvalue weighted by molar-refractivity contribution is 7.13. The summed E-state index contributed by atoms with van der Waals surface area (Å²) in [5.41, 5.74) is 1.76. The molecule has 12 heavy (non-hydrogen) atoms. The third-order valence-electron chi connectivity index (χ3n) is 2.79. The summed E-state index contributed by atoms with van der Waals surface area (Å²) in [7, 11) is 0. The molecule has 4 nitrogen and oxygen atoms in total. The lowest BCUT2D eigenvalue weighted by atomic mass is 9.80. The van der Waals surface area contributed by atoms with Crippen molar-refractivity contribution in [3.63, 3.8) is 0 Å². The number of hydrogen-bond acceptors (Lipinski definition) is 5. The number of nitrogens with one attached hydrogen (secondary N) is 2. The summed E-state index contributed by atoms with van der Waals surface area (Å²) < 4.78 is 0. The van der Waals surface area contributed by atoms with Crippen molar-refractivity contribution in [1.82, 2.24) is 15.5 Å². The van der Waals surface area contributed by atoms with Gasteiger partial charge in [-0.15, -0.1) is 10.2 Å². The molecule has 0 amide bonds. The first-order chi connectivity index (χ1) is 5.93. The van der Waals surface area contributed by atoms with E-state index in [1.807, 2.05) is 0 Å². The molecule has 1 aliphatic carbocycles. The maximum atomic E-state index is 3.96. The average molecular weight is 182 g/mol. The number of nitrogens with zero attached hydrogens (tertiary/aromatic N) is 2. The lowest BCUT2D eigenvalue weighted by Gasteiger charge is -2.34. The van der Waals surface area contributed by atoms with Crippen molar-refractivity contribution < 1.29 is 0 Å². The molecule has 2 aliphatic heterocycles. The molecule has 3 fully saturated rings. The van der Waals surface area contributed by atoms with Crippen molar-refractivity contribution in [1.29, 1.82) is 0 Å². The van der Waals surface area contributed by atoms with Crippen molar-refractivity contribution >= 4 is 16.5 Å². The molecule has 3 heterocycles. The molecule has 0 spiro atoms. The van der Waals surface area contributed by atoms with Gasteiger partial charge in [0.25, 0.3) is 0 Å². The monoisotopic (exact) mass is 182 g/mol. The van der Waals surface area contributed by atoms with Crippen LogP contribution in [0.2, 0.25) is 0 Å². The van der Waals surface area contributed by atoms with Crippen molar-refractivity contribution in [3.8, 4) is 0 Å². The van der Waals surface area contributed by atoms with E-state index >= 15 is 0 Å². The molecule has 4 rings (SSSR count). The van der Waals surface area contributed by atoms with E-state index in [0.29, 0.717) is 12.1 Å². The zero-order valence-electron chi connectivity index (χ0n) is 6.53. The first-order valence-electron chi connectivity index (χ1n) is 4.19. The molecule has 5 heteroatoms. The van der Waals surface area contributed by atoms with Crippen LogP contribution < -0.4 is 10.6 Å². The van der Waals surface area contributed by atoms with Crippen LogP contribution in [0.25, 0.3) is 0 Å². The predicted molar refractivity (Wildman–Crippen MR) is 47.2 cm³/mol. The summed E-state index contributed by atoms with van der Waals surface area (Å²) in [5, 5.41) is 15.6. The molecule has 2 N–H and O–H groups in total. The van der Waals surface area contributed by atoms with E-state index in [2.05, 4.69) is 20.8 Å². The van der Waals surface area contributed by atoms with Gasteiger partial charge < -0.3 is 10.6 Å². The van der Waals surface area contributed by atoms with Crippen LogP contribution in [0, 0.1) is 5.92 Å². The second-order valence-corrected chi connectivity index (χ2v) is 4.26. The molecule has 3 unspecified atom stereocenters. The summed E-state index contributed by atoms with van der Waals surface area (Å²) in [4.78, 5) is 0. The van der Waals surface area contributed by atoms with Gasteiger partial charge in [0.2, 0.25) is 5.13 Å². The standard InChI is InChI=1S/C7H10N4S/c1-4-2-8-5(1)6(4)10-7-11-9-3-12-7/h3-6,8H,1-2H2,(H,10,11). The minimum absolute atomic E-state index is 0.609. The summed E-state index contributed by atoms with van der Waals surface area (Å²) >= 11 is 1.57. The second-order valence-electron chi connectivity index (χ2n) is 3.42. The Morgan fingerprint density at radius 3 is 3.25 bits per heavy atom. The lowest BCUT2D eigenvalue weighted by molar-refractivity contribution is 0.326. The summed E-state index contributed by atoms with van der Waals surface area (Å²) in [5.74, 6) is 0.818. The highest BCUT2D eigenvalue weighted by Gasteiger charge is 2.46. The summed E-state index contributed by atoms with van der Waals surface area (Å²) in [6.07, 6.45) is 1.33. The minimum Gasteiger partial charge on any atom is -0.355 e. The van der Waals surface area contributed by atoms with Crippen LogP contribution in [-0.2, 0) is 0 Å². The van der Waals surface area contributed by atoms with Gasteiger partial charge in [-0.3, -0.25) is 0 Å². The Kier molecular flexibility index (Phi) is 1.36. The van der Waals surface area contributed by atoms with Crippen molar-refractivity contribution in [2.75, 3.05) is 11.9 Å². The maximum Gasteiger partial charge on any atom is 0.205 e. The fourth-order valence-electron chi connectivity index (χ4n) is 2.07. The van der Waals surface area contributed by atoms with E-state index in [9.17, 15) is 0 Å². The average Bonchev–Trinajstić information content (AvgIpc) is 2.76. The Morgan fingerprint density at radius 1 is 1.67 bits per heavy atom. The van der Waals surface area contributed by atoms with Gasteiger partial charge in [-0.25, -0.2) is 0 Å². The Labute approximate surface area is 74.4 Å². The Hall–Kier alpha value is -0.680. The van der Waals surface area contributed by atoms with Gasteiger partial charge in [0, 0.05) is 18.6 Å². The first-order valence-corrected chi connectivity index (χ1v) is 5.07. The van der Waals surface area contributed by atoms with Gasteiger partial charge in [0.1, 0.15) is 5.51 Å². The molecule has 3 atom stereocenters. The van der Waals surface area contributed by atoms with E-state index in [4.69, 9.17) is 0 Å². The highest BCUT2D eigenvalue weighted by Crippen LogP contribution is 2.36. The number of fused-ring (bicyclic) bond motifs is 1. The lowest BCUT2D eigenvalue weighted by Crippen LogP contribution is -2.47. The van der Waals surface area contributed by atoms with Crippen molar-refractivity contribution in [2.24, 2.45) is 5.92 Å². The molecule has 2 saturated heterocycles. The molecule has 1 aromatic heterocycles. The highest BCUT2D eigenvalue weighted by atomic mass is 32.1. The van der Waals surface area contributed by atoms with Crippen molar-refractivity contribution in [3.05, 3.63) is 5.51 Å². The maximum absolute atomic E-state index is 3.96. The van der Waals surface area contributed by atoms with Crippen LogP contribution in [0.3, 0.4) is 0 Å². The number of aromatic nitrogens is 2. The minimum atomic E-state index is 0.609. The Balaban J connectivity index is 1.70. The van der Waals surface area contributed by atoms with Crippen LogP contribution in [0.4, 0.5) is 5.13 Å². The topological polar surface area (TPSA) is 49.8 Å². The van der Waals surface area contributed by atoms with Gasteiger partial charge in [-0.2, -0.15) is 0 Å².